The van der Waals surface area contributed by atoms with Crippen LogP contribution in [-0.2, 0) is 11.2 Å². The van der Waals surface area contributed by atoms with Crippen molar-refractivity contribution in [3.05, 3.63) is 78.3 Å². The second-order valence-electron chi connectivity index (χ2n) is 8.15. The molecule has 1 N–H and O–H groups in total. The van der Waals surface area contributed by atoms with Gasteiger partial charge in [-0.1, -0.05) is 30.8 Å². The zero-order valence-corrected chi connectivity index (χ0v) is 19.3. The van der Waals surface area contributed by atoms with Crippen molar-refractivity contribution in [3.8, 4) is 17.0 Å². The number of hydrogen-bond acceptors (Lipinski definition) is 6. The Morgan fingerprint density at radius 3 is 2.79 bits per heavy atom. The number of benzene rings is 2. The molecule has 1 aliphatic heterocycles. The van der Waals surface area contributed by atoms with Crippen molar-refractivity contribution in [3.63, 3.8) is 0 Å². The molecule has 0 radical (unpaired) electrons. The van der Waals surface area contributed by atoms with Crippen molar-refractivity contribution < 1.29 is 9.53 Å². The number of anilines is 3. The van der Waals surface area contributed by atoms with Crippen molar-refractivity contribution >= 4 is 28.8 Å². The zero-order valence-electron chi connectivity index (χ0n) is 19.3. The molecular formula is C27H27N5O2. The quantitative estimate of drug-likeness (QED) is 0.347. The van der Waals surface area contributed by atoms with Crippen LogP contribution in [0.15, 0.2) is 61.3 Å². The number of carbonyl (C=O) groups is 1. The molecule has 172 valence electrons. The van der Waals surface area contributed by atoms with Crippen molar-refractivity contribution in [1.82, 2.24) is 9.97 Å². The number of rotatable bonds is 8. The predicted molar refractivity (Wildman–Crippen MR) is 135 cm³/mol. The smallest absolute Gasteiger partial charge is 0.230 e. The number of nitrogens with zero attached hydrogens (tertiary/aromatic N) is 4. The highest BCUT2D eigenvalue weighted by Crippen LogP contribution is 2.35. The van der Waals surface area contributed by atoms with E-state index < -0.39 is 0 Å². The number of aromatic nitrogens is 2. The van der Waals surface area contributed by atoms with Gasteiger partial charge in [-0.15, -0.1) is 0 Å². The minimum Gasteiger partial charge on any atom is -0.495 e. The van der Waals surface area contributed by atoms with E-state index in [-0.39, 0.29) is 12.2 Å². The molecule has 1 aliphatic rings. The number of allylic oxidation sites excluding steroid dienone is 1. The molecule has 0 atom stereocenters. The lowest BCUT2D eigenvalue weighted by atomic mass is 10.0. The van der Waals surface area contributed by atoms with E-state index in [1.54, 1.807) is 7.11 Å². The van der Waals surface area contributed by atoms with E-state index in [0.29, 0.717) is 17.3 Å². The number of methoxy groups -OCH3 is 1. The van der Waals surface area contributed by atoms with Crippen LogP contribution in [-0.4, -0.2) is 36.0 Å². The molecule has 7 heteroatoms. The van der Waals surface area contributed by atoms with Crippen molar-refractivity contribution in [2.24, 2.45) is 0 Å². The van der Waals surface area contributed by atoms with Crippen LogP contribution in [0.4, 0.5) is 23.0 Å². The first-order valence-electron chi connectivity index (χ1n) is 11.3. The summed E-state index contributed by atoms with van der Waals surface area (Å²) in [6, 6.07) is 13.4. The summed E-state index contributed by atoms with van der Waals surface area (Å²) >= 11 is 0. The highest BCUT2D eigenvalue weighted by Gasteiger charge is 2.17. The summed E-state index contributed by atoms with van der Waals surface area (Å²) in [5, 5.41) is 3.28. The highest BCUT2D eigenvalue weighted by atomic mass is 16.5. The Morgan fingerprint density at radius 1 is 1.24 bits per heavy atom. The Labute approximate surface area is 199 Å². The first-order chi connectivity index (χ1) is 16.6. The van der Waals surface area contributed by atoms with E-state index in [0.717, 1.165) is 41.3 Å². The molecule has 4 rings (SSSR count). The molecule has 7 nitrogen and oxygen atoms in total. The van der Waals surface area contributed by atoms with Gasteiger partial charge in [-0.2, -0.15) is 0 Å². The normalized spacial score (nSPS) is 13.1. The van der Waals surface area contributed by atoms with Gasteiger partial charge in [-0.25, -0.2) is 14.8 Å². The van der Waals surface area contributed by atoms with E-state index in [4.69, 9.17) is 11.3 Å². The molecule has 1 saturated heterocycles. The van der Waals surface area contributed by atoms with Gasteiger partial charge in [0.15, 0.2) is 5.78 Å². The molecule has 2 aromatic carbocycles. The number of ether oxygens (including phenoxy) is 1. The van der Waals surface area contributed by atoms with Crippen LogP contribution < -0.4 is 15.0 Å². The third-order valence-electron chi connectivity index (χ3n) is 5.83. The molecule has 0 unspecified atom stereocenters. The van der Waals surface area contributed by atoms with Crippen LogP contribution in [0.5, 0.6) is 5.75 Å². The van der Waals surface area contributed by atoms with Gasteiger partial charge in [0, 0.05) is 31.4 Å². The first kappa shape index (κ1) is 23.0. The molecule has 0 saturated carbocycles. The fourth-order valence-electron chi connectivity index (χ4n) is 4.11. The maximum absolute atomic E-state index is 11.8. The van der Waals surface area contributed by atoms with Gasteiger partial charge in [0.25, 0.3) is 0 Å². The third-order valence-corrected chi connectivity index (χ3v) is 5.83. The van der Waals surface area contributed by atoms with E-state index in [9.17, 15) is 4.79 Å². The Hall–Kier alpha value is -4.18. The Kier molecular flexibility index (Phi) is 7.19. The first-order valence-corrected chi connectivity index (χ1v) is 11.3. The van der Waals surface area contributed by atoms with E-state index in [2.05, 4.69) is 37.7 Å². The summed E-state index contributed by atoms with van der Waals surface area (Å²) in [5.41, 5.74) is 4.35. The fraction of sp³-hybridized carbons (Fsp3) is 0.259. The summed E-state index contributed by atoms with van der Waals surface area (Å²) in [6.07, 6.45) is 6.69. The average molecular weight is 454 g/mol. The molecule has 0 spiro atoms. The predicted octanol–water partition coefficient (Wildman–Crippen LogP) is 5.73. The zero-order chi connectivity index (χ0) is 23.9. The maximum Gasteiger partial charge on any atom is 0.230 e. The summed E-state index contributed by atoms with van der Waals surface area (Å²) < 4.78 is 5.59. The topological polar surface area (TPSA) is 71.7 Å². The van der Waals surface area contributed by atoms with Crippen molar-refractivity contribution in [2.75, 3.05) is 30.4 Å². The summed E-state index contributed by atoms with van der Waals surface area (Å²) in [7, 11) is 1.69. The lowest BCUT2D eigenvalue weighted by molar-refractivity contribution is -0.114. The van der Waals surface area contributed by atoms with Crippen LogP contribution >= 0.6 is 0 Å². The Morgan fingerprint density at radius 2 is 2.06 bits per heavy atom. The van der Waals surface area contributed by atoms with E-state index >= 15 is 0 Å². The number of nitrogens with one attached hydrogen (secondary N) is 1. The minimum atomic E-state index is -0.0587. The molecule has 34 heavy (non-hydrogen) atoms. The lowest BCUT2D eigenvalue weighted by Crippen LogP contribution is -2.29. The SMILES string of the molecule is [C-]#[N+]c1cnc(Nc2ccc(OC)c(N3CCCCC3)c2)nc1-c1cccc(CC(=O)C=C)c1. The number of carbonyl (C=O) groups excluding carboxylic acids is 1. The molecule has 0 amide bonds. The van der Waals surface area contributed by atoms with Gasteiger partial charge in [0.2, 0.25) is 11.6 Å². The highest BCUT2D eigenvalue weighted by molar-refractivity contribution is 5.91. The second-order valence-corrected chi connectivity index (χ2v) is 8.15. The van der Waals surface area contributed by atoms with Crippen LogP contribution in [0.1, 0.15) is 24.8 Å². The number of piperidine rings is 1. The third kappa shape index (κ3) is 5.24. The Bertz CT molecular complexity index is 1240. The van der Waals surface area contributed by atoms with Gasteiger partial charge in [0.05, 0.1) is 25.1 Å². The van der Waals surface area contributed by atoms with Crippen LogP contribution in [0.3, 0.4) is 0 Å². The van der Waals surface area contributed by atoms with Gasteiger partial charge >= 0.3 is 0 Å². The van der Waals surface area contributed by atoms with Crippen LogP contribution in [0.2, 0.25) is 0 Å². The van der Waals surface area contributed by atoms with Gasteiger partial charge in [-0.05, 0) is 54.7 Å². The molecule has 2 heterocycles. The largest absolute Gasteiger partial charge is 0.495 e. The standard InChI is InChI=1S/C27H27N5O2/c1-4-22(33)16-19-9-8-10-20(15-19)26-23(28-2)18-29-27(31-26)30-21-11-12-25(34-3)24(17-21)32-13-6-5-7-14-32/h4,8-12,15,17-18H,1,5-7,13-14,16H2,3H3,(H,29,30,31). The van der Waals surface area contributed by atoms with E-state index in [1.807, 2.05) is 36.4 Å². The average Bonchev–Trinajstić information content (AvgIpc) is 2.89. The monoisotopic (exact) mass is 453 g/mol. The minimum absolute atomic E-state index is 0.0587. The van der Waals surface area contributed by atoms with Gasteiger partial charge in [0.1, 0.15) is 5.75 Å². The molecule has 0 bridgehead atoms. The lowest BCUT2D eigenvalue weighted by Gasteiger charge is -2.30. The Balaban J connectivity index is 1.64. The summed E-state index contributed by atoms with van der Waals surface area (Å²) in [6.45, 7) is 13.1. The van der Waals surface area contributed by atoms with Crippen molar-refractivity contribution in [1.29, 1.82) is 0 Å². The molecule has 3 aromatic rings. The number of ketones is 1. The van der Waals surface area contributed by atoms with Gasteiger partial charge < -0.3 is 15.0 Å². The summed E-state index contributed by atoms with van der Waals surface area (Å²) in [5.74, 6) is 1.17. The van der Waals surface area contributed by atoms with E-state index in [1.165, 1.54) is 31.5 Å². The van der Waals surface area contributed by atoms with Crippen LogP contribution in [0.25, 0.3) is 16.1 Å². The number of hydrogen-bond donors (Lipinski definition) is 1. The molecular weight excluding hydrogens is 426 g/mol. The van der Waals surface area contributed by atoms with Crippen molar-refractivity contribution in [2.45, 2.75) is 25.7 Å². The molecule has 0 aliphatic carbocycles. The fourth-order valence-corrected chi connectivity index (χ4v) is 4.11. The molecule has 1 fully saturated rings. The second kappa shape index (κ2) is 10.6. The van der Waals surface area contributed by atoms with Gasteiger partial charge in [-0.3, -0.25) is 4.79 Å². The maximum atomic E-state index is 11.8. The molecule has 1 aromatic heterocycles. The summed E-state index contributed by atoms with van der Waals surface area (Å²) in [4.78, 5) is 26.7. The van der Waals surface area contributed by atoms with Crippen LogP contribution in [0, 0.1) is 6.57 Å².